The van der Waals surface area contributed by atoms with Crippen molar-refractivity contribution in [2.75, 3.05) is 19.8 Å². The summed E-state index contributed by atoms with van der Waals surface area (Å²) in [5.41, 5.74) is 0. The molecule has 5 heteroatoms. The molecule has 0 spiro atoms. The second-order valence-electron chi connectivity index (χ2n) is 16.4. The molecule has 0 bridgehead atoms. The number of unbranched alkanes of at least 4 members (excludes halogenated alkanes) is 32. The fourth-order valence-corrected chi connectivity index (χ4v) is 7.14. The minimum atomic E-state index is -0.526. The number of hydrogen-bond donors (Lipinski definition) is 0. The fraction of sp³-hybridized carbons (Fsp3) is 0.918. The number of esters is 2. The Kier molecular flexibility index (Phi) is 44.9. The molecule has 0 amide bonds. The summed E-state index contributed by atoms with van der Waals surface area (Å²) < 4.78 is 17.3. The van der Waals surface area contributed by atoms with Gasteiger partial charge in [0, 0.05) is 19.4 Å². The Hall–Kier alpha value is -1.36. The molecule has 0 rings (SSSR count). The lowest BCUT2D eigenvalue weighted by molar-refractivity contribution is -0.163. The van der Waals surface area contributed by atoms with E-state index in [0.717, 1.165) is 38.5 Å². The highest BCUT2D eigenvalue weighted by molar-refractivity contribution is 5.70. The first-order valence-electron chi connectivity index (χ1n) is 24.2. The molecule has 0 fully saturated rings. The molecular formula is C49H94O5. The quantitative estimate of drug-likeness (QED) is 0.0351. The van der Waals surface area contributed by atoms with Crippen LogP contribution in [0.1, 0.15) is 265 Å². The highest BCUT2D eigenvalue weighted by Crippen LogP contribution is 2.16. The van der Waals surface area contributed by atoms with Crippen molar-refractivity contribution in [1.82, 2.24) is 0 Å². The zero-order valence-electron chi connectivity index (χ0n) is 36.8. The third-order valence-electron chi connectivity index (χ3n) is 10.8. The van der Waals surface area contributed by atoms with Gasteiger partial charge >= 0.3 is 11.9 Å². The topological polar surface area (TPSA) is 61.8 Å². The SMILES string of the molecule is CCCC/C=C\CCCCCCCCOCC(COC(=O)CCCCCCCCCCCCCCCCCCCCC)OC(=O)CCCCCCCCC. The van der Waals surface area contributed by atoms with Crippen LogP contribution in [-0.4, -0.2) is 37.9 Å². The Labute approximate surface area is 337 Å². The predicted octanol–water partition coefficient (Wildman–Crippen LogP) is 15.9. The number of rotatable bonds is 45. The highest BCUT2D eigenvalue weighted by Gasteiger charge is 2.17. The number of carbonyl (C=O) groups excluding carboxylic acids is 2. The second-order valence-corrected chi connectivity index (χ2v) is 16.4. The van der Waals surface area contributed by atoms with E-state index in [-0.39, 0.29) is 18.5 Å². The van der Waals surface area contributed by atoms with Gasteiger partial charge in [-0.15, -0.1) is 0 Å². The Morgan fingerprint density at radius 2 is 0.741 bits per heavy atom. The van der Waals surface area contributed by atoms with Gasteiger partial charge in [0.1, 0.15) is 6.61 Å². The maximum atomic E-state index is 12.6. The number of hydrogen-bond acceptors (Lipinski definition) is 5. The summed E-state index contributed by atoms with van der Waals surface area (Å²) >= 11 is 0. The lowest BCUT2D eigenvalue weighted by atomic mass is 10.0. The summed E-state index contributed by atoms with van der Waals surface area (Å²) in [4.78, 5) is 25.1. The normalized spacial score (nSPS) is 12.1. The average Bonchev–Trinajstić information content (AvgIpc) is 3.17. The van der Waals surface area contributed by atoms with Crippen molar-refractivity contribution in [1.29, 1.82) is 0 Å². The Morgan fingerprint density at radius 3 is 1.19 bits per heavy atom. The Morgan fingerprint density at radius 1 is 0.389 bits per heavy atom. The fourth-order valence-electron chi connectivity index (χ4n) is 7.14. The van der Waals surface area contributed by atoms with Gasteiger partial charge in [0.05, 0.1) is 6.61 Å². The van der Waals surface area contributed by atoms with Crippen LogP contribution in [0, 0.1) is 0 Å². The lowest BCUT2D eigenvalue weighted by Crippen LogP contribution is -2.30. The van der Waals surface area contributed by atoms with E-state index in [1.54, 1.807) is 0 Å². The monoisotopic (exact) mass is 763 g/mol. The minimum Gasteiger partial charge on any atom is -0.462 e. The molecule has 54 heavy (non-hydrogen) atoms. The van der Waals surface area contributed by atoms with Gasteiger partial charge in [-0.25, -0.2) is 0 Å². The zero-order chi connectivity index (χ0) is 39.3. The van der Waals surface area contributed by atoms with Crippen molar-refractivity contribution >= 4 is 11.9 Å². The molecule has 1 unspecified atom stereocenters. The van der Waals surface area contributed by atoms with Gasteiger partial charge in [-0.3, -0.25) is 9.59 Å². The summed E-state index contributed by atoms with van der Waals surface area (Å²) in [6.07, 6.45) is 50.8. The molecule has 1 atom stereocenters. The molecule has 0 aliphatic heterocycles. The molecule has 0 saturated carbocycles. The molecular weight excluding hydrogens is 669 g/mol. The molecule has 0 N–H and O–H groups in total. The van der Waals surface area contributed by atoms with Crippen LogP contribution in [0.5, 0.6) is 0 Å². The van der Waals surface area contributed by atoms with Crippen LogP contribution in [-0.2, 0) is 23.8 Å². The van der Waals surface area contributed by atoms with E-state index in [1.807, 2.05) is 0 Å². The van der Waals surface area contributed by atoms with Crippen molar-refractivity contribution in [2.45, 2.75) is 271 Å². The Balaban J connectivity index is 4.03. The highest BCUT2D eigenvalue weighted by atomic mass is 16.6. The van der Waals surface area contributed by atoms with E-state index in [4.69, 9.17) is 14.2 Å². The van der Waals surface area contributed by atoms with Crippen molar-refractivity contribution in [3.05, 3.63) is 12.2 Å². The van der Waals surface area contributed by atoms with Gasteiger partial charge in [-0.1, -0.05) is 226 Å². The predicted molar refractivity (Wildman–Crippen MR) is 233 cm³/mol. The molecule has 0 aromatic carbocycles. The van der Waals surface area contributed by atoms with Gasteiger partial charge in [-0.05, 0) is 38.5 Å². The van der Waals surface area contributed by atoms with E-state index in [2.05, 4.69) is 32.9 Å². The molecule has 0 radical (unpaired) electrons. The maximum Gasteiger partial charge on any atom is 0.306 e. The van der Waals surface area contributed by atoms with E-state index in [0.29, 0.717) is 26.1 Å². The van der Waals surface area contributed by atoms with Gasteiger partial charge in [0.2, 0.25) is 0 Å². The first kappa shape index (κ1) is 52.6. The van der Waals surface area contributed by atoms with Gasteiger partial charge < -0.3 is 14.2 Å². The second kappa shape index (κ2) is 46.0. The molecule has 0 aromatic rings. The molecule has 5 nitrogen and oxygen atoms in total. The van der Waals surface area contributed by atoms with Crippen LogP contribution in [0.2, 0.25) is 0 Å². The van der Waals surface area contributed by atoms with Crippen LogP contribution >= 0.6 is 0 Å². The molecule has 320 valence electrons. The molecule has 0 aliphatic carbocycles. The smallest absolute Gasteiger partial charge is 0.306 e. The summed E-state index contributed by atoms with van der Waals surface area (Å²) in [5.74, 6) is -0.390. The average molecular weight is 763 g/mol. The minimum absolute atomic E-state index is 0.0909. The van der Waals surface area contributed by atoms with Crippen LogP contribution in [0.25, 0.3) is 0 Å². The molecule has 0 saturated heterocycles. The molecule has 0 aromatic heterocycles. The lowest BCUT2D eigenvalue weighted by Gasteiger charge is -2.18. The van der Waals surface area contributed by atoms with Crippen molar-refractivity contribution in [3.63, 3.8) is 0 Å². The largest absolute Gasteiger partial charge is 0.462 e. The van der Waals surface area contributed by atoms with Gasteiger partial charge in [-0.2, -0.15) is 0 Å². The standard InChI is InChI=1S/C49H94O5/c1-4-7-10-13-16-18-20-22-23-24-25-26-27-28-29-31-34-36-39-42-48(50)53-46-47(54-49(51)43-40-37-33-15-12-9-6-3)45-52-44-41-38-35-32-30-21-19-17-14-11-8-5-2/h14,17,47H,4-13,15-16,18-46H2,1-3H3/b17-14-. The number of allylic oxidation sites excluding steroid dienone is 2. The van der Waals surface area contributed by atoms with Crippen molar-refractivity contribution in [2.24, 2.45) is 0 Å². The molecule has 0 aliphatic rings. The van der Waals surface area contributed by atoms with Gasteiger partial charge in [0.25, 0.3) is 0 Å². The molecule has 0 heterocycles. The maximum absolute atomic E-state index is 12.6. The third kappa shape index (κ3) is 43.4. The van der Waals surface area contributed by atoms with Crippen LogP contribution in [0.4, 0.5) is 0 Å². The van der Waals surface area contributed by atoms with Gasteiger partial charge in [0.15, 0.2) is 6.10 Å². The van der Waals surface area contributed by atoms with E-state index in [1.165, 1.54) is 193 Å². The Bertz CT molecular complexity index is 780. The summed E-state index contributed by atoms with van der Waals surface area (Å²) in [5, 5.41) is 0. The summed E-state index contributed by atoms with van der Waals surface area (Å²) in [6.45, 7) is 7.79. The first-order chi connectivity index (χ1) is 26.6. The van der Waals surface area contributed by atoms with E-state index < -0.39 is 6.10 Å². The number of carbonyl (C=O) groups is 2. The van der Waals surface area contributed by atoms with Crippen LogP contribution in [0.15, 0.2) is 12.2 Å². The zero-order valence-corrected chi connectivity index (χ0v) is 36.8. The first-order valence-corrected chi connectivity index (χ1v) is 24.2. The van der Waals surface area contributed by atoms with E-state index >= 15 is 0 Å². The number of ether oxygens (including phenoxy) is 3. The third-order valence-corrected chi connectivity index (χ3v) is 10.8. The van der Waals surface area contributed by atoms with Crippen LogP contribution in [0.3, 0.4) is 0 Å². The van der Waals surface area contributed by atoms with E-state index in [9.17, 15) is 9.59 Å². The van der Waals surface area contributed by atoms with Crippen molar-refractivity contribution in [3.8, 4) is 0 Å². The van der Waals surface area contributed by atoms with Crippen LogP contribution < -0.4 is 0 Å². The summed E-state index contributed by atoms with van der Waals surface area (Å²) in [6, 6.07) is 0. The summed E-state index contributed by atoms with van der Waals surface area (Å²) in [7, 11) is 0. The van der Waals surface area contributed by atoms with Crippen molar-refractivity contribution < 1.29 is 23.8 Å².